The molecule has 1 aromatic heterocycles. The third-order valence-electron chi connectivity index (χ3n) is 4.81. The molecule has 2 aromatic rings. The third kappa shape index (κ3) is 7.59. The van der Waals surface area contributed by atoms with E-state index in [1.165, 1.54) is 0 Å². The Morgan fingerprint density at radius 1 is 0.929 bits per heavy atom. The quantitative estimate of drug-likeness (QED) is 0.524. The number of hydrogen-bond acceptors (Lipinski definition) is 4. The molecule has 28 heavy (non-hydrogen) atoms. The summed E-state index contributed by atoms with van der Waals surface area (Å²) >= 11 is 0. The van der Waals surface area contributed by atoms with Crippen LogP contribution in [0, 0.1) is 6.92 Å². The highest BCUT2D eigenvalue weighted by molar-refractivity contribution is 5.96. The Morgan fingerprint density at radius 3 is 2.18 bits per heavy atom. The summed E-state index contributed by atoms with van der Waals surface area (Å²) in [6, 6.07) is 11.6. The van der Waals surface area contributed by atoms with E-state index < -0.39 is 5.97 Å². The van der Waals surface area contributed by atoms with Gasteiger partial charge < -0.3 is 19.6 Å². The van der Waals surface area contributed by atoms with Crippen LogP contribution in [-0.2, 0) is 4.79 Å². The van der Waals surface area contributed by atoms with Crippen LogP contribution in [-0.4, -0.2) is 18.4 Å². The zero-order valence-electron chi connectivity index (χ0n) is 16.7. The van der Waals surface area contributed by atoms with Crippen molar-refractivity contribution in [2.24, 2.45) is 0 Å². The Labute approximate surface area is 167 Å². The molecule has 1 heterocycles. The van der Waals surface area contributed by atoms with E-state index in [0.717, 1.165) is 50.5 Å². The van der Waals surface area contributed by atoms with Crippen LogP contribution in [0.1, 0.15) is 73.9 Å². The zero-order valence-corrected chi connectivity index (χ0v) is 16.7. The van der Waals surface area contributed by atoms with Crippen molar-refractivity contribution in [3.63, 3.8) is 0 Å². The number of unbranched alkanes of at least 4 members (excludes halogenated alkanes) is 7. The predicted octanol–water partition coefficient (Wildman–Crippen LogP) is 4.25. The number of furan rings is 1. The Kier molecular flexibility index (Phi) is 9.32. The first kappa shape index (κ1) is 21.7. The van der Waals surface area contributed by atoms with Gasteiger partial charge in [0.25, 0.3) is 5.91 Å². The molecule has 0 atom stereocenters. The molecule has 5 heteroatoms. The molecule has 0 unspecified atom stereocenters. The van der Waals surface area contributed by atoms with E-state index in [-0.39, 0.29) is 12.3 Å². The van der Waals surface area contributed by atoms with E-state index in [4.69, 9.17) is 4.42 Å². The van der Waals surface area contributed by atoms with Crippen molar-refractivity contribution in [2.45, 2.75) is 64.7 Å². The fourth-order valence-corrected chi connectivity index (χ4v) is 3.20. The summed E-state index contributed by atoms with van der Waals surface area (Å²) in [4.78, 5) is 22.7. The molecule has 1 aromatic carbocycles. The van der Waals surface area contributed by atoms with Crippen LogP contribution in [0.15, 0.2) is 40.8 Å². The second-order valence-corrected chi connectivity index (χ2v) is 7.15. The van der Waals surface area contributed by atoms with Gasteiger partial charge >= 0.3 is 0 Å². The first-order valence-electron chi connectivity index (χ1n) is 10.2. The van der Waals surface area contributed by atoms with Gasteiger partial charge in [-0.15, -0.1) is 0 Å². The zero-order chi connectivity index (χ0) is 20.2. The highest BCUT2D eigenvalue weighted by Crippen LogP contribution is 2.25. The molecule has 0 saturated carbocycles. The molecule has 0 saturated heterocycles. The van der Waals surface area contributed by atoms with Gasteiger partial charge in [-0.05, 0) is 32.3 Å². The molecule has 0 bridgehead atoms. The normalized spacial score (nSPS) is 10.8. The SMILES string of the molecule is Cc1oc(-c2ccccc2)cc1C(=O)NCCCCCCCCCCC(=O)[O-]. The first-order chi connectivity index (χ1) is 13.6. The highest BCUT2D eigenvalue weighted by atomic mass is 16.4. The molecule has 0 aliphatic rings. The monoisotopic (exact) mass is 384 g/mol. The van der Waals surface area contributed by atoms with Crippen molar-refractivity contribution in [1.82, 2.24) is 5.32 Å². The molecule has 1 amide bonds. The maximum atomic E-state index is 12.4. The minimum absolute atomic E-state index is 0.0867. The van der Waals surface area contributed by atoms with Gasteiger partial charge in [0.1, 0.15) is 11.5 Å². The largest absolute Gasteiger partial charge is 0.550 e. The van der Waals surface area contributed by atoms with Crippen LogP contribution in [0.4, 0.5) is 0 Å². The van der Waals surface area contributed by atoms with E-state index in [9.17, 15) is 14.7 Å². The van der Waals surface area contributed by atoms with E-state index in [2.05, 4.69) is 5.32 Å². The molecule has 0 radical (unpaired) electrons. The maximum absolute atomic E-state index is 12.4. The van der Waals surface area contributed by atoms with Crippen LogP contribution >= 0.6 is 0 Å². The molecule has 0 aliphatic carbocycles. The van der Waals surface area contributed by atoms with Gasteiger partial charge in [-0.25, -0.2) is 0 Å². The first-order valence-corrected chi connectivity index (χ1v) is 10.2. The smallest absolute Gasteiger partial charge is 0.254 e. The van der Waals surface area contributed by atoms with Crippen molar-refractivity contribution < 1.29 is 19.1 Å². The van der Waals surface area contributed by atoms with Gasteiger partial charge in [-0.2, -0.15) is 0 Å². The van der Waals surface area contributed by atoms with E-state index in [0.29, 0.717) is 30.0 Å². The third-order valence-corrected chi connectivity index (χ3v) is 4.81. The fraction of sp³-hybridized carbons (Fsp3) is 0.478. The molecule has 0 aliphatic heterocycles. The summed E-state index contributed by atoms with van der Waals surface area (Å²) in [5, 5.41) is 13.3. The number of aryl methyl sites for hydroxylation is 1. The number of rotatable bonds is 13. The molecular formula is C23H30NO4-. The maximum Gasteiger partial charge on any atom is 0.254 e. The topological polar surface area (TPSA) is 82.4 Å². The number of carbonyl (C=O) groups excluding carboxylic acids is 2. The number of carboxylic acids is 1. The lowest BCUT2D eigenvalue weighted by Crippen LogP contribution is -2.24. The average molecular weight is 384 g/mol. The Bertz CT molecular complexity index is 736. The number of carboxylic acid groups (broad SMARTS) is 1. The molecule has 5 nitrogen and oxygen atoms in total. The fourth-order valence-electron chi connectivity index (χ4n) is 3.20. The molecular weight excluding hydrogens is 354 g/mol. The second-order valence-electron chi connectivity index (χ2n) is 7.15. The minimum atomic E-state index is -0.955. The number of amides is 1. The van der Waals surface area contributed by atoms with Gasteiger partial charge in [-0.1, -0.05) is 68.9 Å². The summed E-state index contributed by atoms with van der Waals surface area (Å²) < 4.78 is 5.74. The highest BCUT2D eigenvalue weighted by Gasteiger charge is 2.15. The lowest BCUT2D eigenvalue weighted by atomic mass is 10.1. The van der Waals surface area contributed by atoms with Crippen molar-refractivity contribution in [2.75, 3.05) is 6.54 Å². The van der Waals surface area contributed by atoms with Crippen molar-refractivity contribution in [3.05, 3.63) is 47.7 Å². The van der Waals surface area contributed by atoms with Crippen LogP contribution < -0.4 is 10.4 Å². The van der Waals surface area contributed by atoms with Gasteiger partial charge in [0.15, 0.2) is 0 Å². The molecule has 0 fully saturated rings. The number of aliphatic carboxylic acids is 1. The van der Waals surface area contributed by atoms with E-state index in [1.54, 1.807) is 6.07 Å². The molecule has 1 N–H and O–H groups in total. The van der Waals surface area contributed by atoms with Crippen LogP contribution in [0.3, 0.4) is 0 Å². The van der Waals surface area contributed by atoms with Gasteiger partial charge in [0, 0.05) is 18.1 Å². The number of carbonyl (C=O) groups is 2. The van der Waals surface area contributed by atoms with Gasteiger partial charge in [0.05, 0.1) is 5.56 Å². The minimum Gasteiger partial charge on any atom is -0.550 e. The number of hydrogen-bond donors (Lipinski definition) is 1. The molecule has 152 valence electrons. The van der Waals surface area contributed by atoms with E-state index in [1.807, 2.05) is 37.3 Å². The summed E-state index contributed by atoms with van der Waals surface area (Å²) in [5.74, 6) is 0.304. The summed E-state index contributed by atoms with van der Waals surface area (Å²) in [6.07, 6.45) is 8.39. The molecule has 2 rings (SSSR count). The lowest BCUT2D eigenvalue weighted by molar-refractivity contribution is -0.305. The lowest BCUT2D eigenvalue weighted by Gasteiger charge is -2.05. The Balaban J connectivity index is 1.58. The van der Waals surface area contributed by atoms with Gasteiger partial charge in [-0.3, -0.25) is 4.79 Å². The van der Waals surface area contributed by atoms with Crippen molar-refractivity contribution in [1.29, 1.82) is 0 Å². The average Bonchev–Trinajstić information content (AvgIpc) is 3.08. The number of benzene rings is 1. The van der Waals surface area contributed by atoms with E-state index >= 15 is 0 Å². The van der Waals surface area contributed by atoms with Crippen molar-refractivity contribution in [3.8, 4) is 11.3 Å². The summed E-state index contributed by atoms with van der Waals surface area (Å²) in [7, 11) is 0. The van der Waals surface area contributed by atoms with Crippen LogP contribution in [0.5, 0.6) is 0 Å². The van der Waals surface area contributed by atoms with Crippen molar-refractivity contribution >= 4 is 11.9 Å². The number of nitrogens with one attached hydrogen (secondary N) is 1. The van der Waals surface area contributed by atoms with Gasteiger partial charge in [0.2, 0.25) is 0 Å². The molecule has 0 spiro atoms. The predicted molar refractivity (Wildman–Crippen MR) is 108 cm³/mol. The Hall–Kier alpha value is -2.56. The summed E-state index contributed by atoms with van der Waals surface area (Å²) in [5.41, 5.74) is 1.56. The second kappa shape index (κ2) is 12.0. The van der Waals surface area contributed by atoms with Crippen LogP contribution in [0.2, 0.25) is 0 Å². The Morgan fingerprint density at radius 2 is 1.54 bits per heavy atom. The summed E-state index contributed by atoms with van der Waals surface area (Å²) in [6.45, 7) is 2.48. The van der Waals surface area contributed by atoms with Crippen LogP contribution in [0.25, 0.3) is 11.3 Å². The standard InChI is InChI=1S/C23H31NO4/c1-18-20(17-21(28-18)19-13-9-8-10-14-19)23(27)24-16-12-7-5-3-2-4-6-11-15-22(25)26/h8-10,13-14,17H,2-7,11-12,15-16H2,1H3,(H,24,27)(H,25,26)/p-1.